The number of rotatable bonds is 1. The quantitative estimate of drug-likeness (QED) is 0.615. The first-order valence-corrected chi connectivity index (χ1v) is 3.93. The fourth-order valence-corrected chi connectivity index (χ4v) is 0. The summed E-state index contributed by atoms with van der Waals surface area (Å²) in [4.78, 5) is 0. The van der Waals surface area contributed by atoms with Crippen molar-refractivity contribution in [2.45, 2.75) is 22.0 Å². The van der Waals surface area contributed by atoms with Gasteiger partial charge < -0.3 is 0 Å². The Balaban J connectivity index is 4.02. The molecular formula is C4H6BrCl3. The molecule has 1 atom stereocenters. The van der Waals surface area contributed by atoms with Crippen molar-refractivity contribution in [1.29, 1.82) is 0 Å². The van der Waals surface area contributed by atoms with E-state index in [1.54, 1.807) is 13.8 Å². The lowest BCUT2D eigenvalue weighted by molar-refractivity contribution is 0.790. The van der Waals surface area contributed by atoms with Crippen LogP contribution in [0.15, 0.2) is 0 Å². The lowest BCUT2D eigenvalue weighted by atomic mass is 10.3. The van der Waals surface area contributed by atoms with Crippen LogP contribution < -0.4 is 0 Å². The average molecular weight is 240 g/mol. The van der Waals surface area contributed by atoms with Gasteiger partial charge in [0.05, 0.1) is 0 Å². The van der Waals surface area contributed by atoms with Crippen LogP contribution >= 0.6 is 50.7 Å². The third kappa shape index (κ3) is 2.77. The Morgan fingerprint density at radius 3 is 1.25 bits per heavy atom. The summed E-state index contributed by atoms with van der Waals surface area (Å²) in [5.41, 5.74) is 0. The molecule has 0 saturated heterocycles. The molecule has 0 aromatic carbocycles. The second-order valence-corrected chi connectivity index (χ2v) is 6.28. The van der Waals surface area contributed by atoms with Crippen molar-refractivity contribution >= 4 is 50.7 Å². The minimum Gasteiger partial charge on any atom is -0.104 e. The molecule has 0 N–H and O–H groups in total. The van der Waals surface area contributed by atoms with Gasteiger partial charge in [-0.25, -0.2) is 0 Å². The largest absolute Gasteiger partial charge is 0.144 e. The molecule has 0 heterocycles. The van der Waals surface area contributed by atoms with Crippen LogP contribution in [0.4, 0.5) is 0 Å². The van der Waals surface area contributed by atoms with Gasteiger partial charge in [0.2, 0.25) is 0 Å². The Morgan fingerprint density at radius 2 is 1.25 bits per heavy atom. The number of alkyl halides is 4. The number of halogens is 4. The topological polar surface area (TPSA) is 0 Å². The van der Waals surface area contributed by atoms with Crippen LogP contribution in [0, 0.1) is 0 Å². The third-order valence-electron chi connectivity index (χ3n) is 0.771. The summed E-state index contributed by atoms with van der Waals surface area (Å²) in [7, 11) is 0. The lowest BCUT2D eigenvalue weighted by Crippen LogP contribution is -2.28. The molecule has 50 valence electrons. The summed E-state index contributed by atoms with van der Waals surface area (Å²) >= 11 is 20.0. The molecule has 1 unspecified atom stereocenters. The normalized spacial score (nSPS) is 20.2. The van der Waals surface area contributed by atoms with Crippen LogP contribution in [0.25, 0.3) is 0 Å². The Morgan fingerprint density at radius 1 is 1.12 bits per heavy atom. The molecule has 0 aliphatic carbocycles. The van der Waals surface area contributed by atoms with Gasteiger partial charge >= 0.3 is 0 Å². The molecule has 0 spiro atoms. The maximum absolute atomic E-state index is 5.66. The molecule has 0 saturated carbocycles. The molecule has 0 rings (SSSR count). The predicted molar refractivity (Wildman–Crippen MR) is 43.3 cm³/mol. The van der Waals surface area contributed by atoms with Gasteiger partial charge in [-0.1, -0.05) is 39.1 Å². The molecule has 0 fully saturated rings. The van der Waals surface area contributed by atoms with Gasteiger partial charge in [0.1, 0.15) is 8.12 Å². The Kier molecular flexibility index (Phi) is 2.96. The maximum atomic E-state index is 5.66. The highest BCUT2D eigenvalue weighted by molar-refractivity contribution is 9.10. The van der Waals surface area contributed by atoms with Crippen molar-refractivity contribution in [2.75, 3.05) is 0 Å². The van der Waals surface area contributed by atoms with Gasteiger partial charge in [0.15, 0.2) is 0 Å². The van der Waals surface area contributed by atoms with Gasteiger partial charge in [-0.2, -0.15) is 0 Å². The molecule has 0 bridgehead atoms. The molecule has 0 aromatic rings. The van der Waals surface area contributed by atoms with E-state index in [1.807, 2.05) is 0 Å². The smallest absolute Gasteiger partial charge is 0.104 e. The second-order valence-electron chi connectivity index (χ2n) is 1.78. The van der Waals surface area contributed by atoms with Gasteiger partial charge in [0.25, 0.3) is 0 Å². The summed E-state index contributed by atoms with van der Waals surface area (Å²) in [5.74, 6) is 0. The molecule has 4 heteroatoms. The minimum atomic E-state index is -0.936. The highest BCUT2D eigenvalue weighted by Crippen LogP contribution is 2.42. The predicted octanol–water partition coefficient (Wildman–Crippen LogP) is 3.53. The zero-order valence-corrected chi connectivity index (χ0v) is 8.37. The van der Waals surface area contributed by atoms with E-state index in [4.69, 9.17) is 34.8 Å². The molecule has 0 aliphatic heterocycles. The Bertz CT molecular complexity index is 66.3. The molecule has 0 radical (unpaired) electrons. The van der Waals surface area contributed by atoms with Crippen molar-refractivity contribution in [3.63, 3.8) is 0 Å². The lowest BCUT2D eigenvalue weighted by Gasteiger charge is -2.24. The first-order chi connectivity index (χ1) is 3.25. The summed E-state index contributed by atoms with van der Waals surface area (Å²) < 4.78 is -1.68. The molecule has 0 amide bonds. The van der Waals surface area contributed by atoms with Crippen molar-refractivity contribution in [2.24, 2.45) is 0 Å². The molecule has 8 heavy (non-hydrogen) atoms. The van der Waals surface area contributed by atoms with Crippen LogP contribution in [0.1, 0.15) is 13.8 Å². The van der Waals surface area contributed by atoms with Crippen molar-refractivity contribution in [3.05, 3.63) is 0 Å². The summed E-state index contributed by atoms with van der Waals surface area (Å²) in [5, 5.41) is 0. The van der Waals surface area contributed by atoms with Crippen LogP contribution in [0.5, 0.6) is 0 Å². The molecular weight excluding hydrogens is 234 g/mol. The van der Waals surface area contributed by atoms with E-state index < -0.39 is 8.12 Å². The van der Waals surface area contributed by atoms with Gasteiger partial charge in [0, 0.05) is 0 Å². The number of hydrogen-bond acceptors (Lipinski definition) is 0. The van der Waals surface area contributed by atoms with E-state index in [-0.39, 0.29) is 0 Å². The van der Waals surface area contributed by atoms with Crippen LogP contribution in [-0.4, -0.2) is 8.12 Å². The molecule has 0 aliphatic rings. The van der Waals surface area contributed by atoms with Crippen molar-refractivity contribution in [3.8, 4) is 0 Å². The maximum Gasteiger partial charge on any atom is 0.144 e. The fourth-order valence-electron chi connectivity index (χ4n) is 0. The van der Waals surface area contributed by atoms with E-state index in [0.717, 1.165) is 0 Å². The third-order valence-corrected chi connectivity index (χ3v) is 3.35. The SMILES string of the molecule is CC(Cl)(Cl)C(C)(Cl)Br. The zero-order chi connectivity index (χ0) is 7.00. The Hall–Kier alpha value is 1.35. The highest BCUT2D eigenvalue weighted by Gasteiger charge is 2.37. The van der Waals surface area contributed by atoms with Crippen LogP contribution in [-0.2, 0) is 0 Å². The standard InChI is InChI=1S/C4H6BrCl3/c1-3(5,6)4(2,7)8/h1-2H3. The zero-order valence-electron chi connectivity index (χ0n) is 4.51. The highest BCUT2D eigenvalue weighted by atomic mass is 79.9. The molecule has 0 nitrogen and oxygen atoms in total. The first kappa shape index (κ1) is 9.35. The van der Waals surface area contributed by atoms with E-state index in [9.17, 15) is 0 Å². The van der Waals surface area contributed by atoms with Crippen molar-refractivity contribution < 1.29 is 0 Å². The fraction of sp³-hybridized carbons (Fsp3) is 1.00. The monoisotopic (exact) mass is 238 g/mol. The Labute approximate surface area is 72.6 Å². The van der Waals surface area contributed by atoms with E-state index >= 15 is 0 Å². The van der Waals surface area contributed by atoms with Crippen LogP contribution in [0.2, 0.25) is 0 Å². The van der Waals surface area contributed by atoms with Gasteiger partial charge in [-0.15, -0.1) is 11.6 Å². The average Bonchev–Trinajstić information content (AvgIpc) is 1.25. The number of hydrogen-bond donors (Lipinski definition) is 0. The van der Waals surface area contributed by atoms with Crippen molar-refractivity contribution in [1.82, 2.24) is 0 Å². The second kappa shape index (κ2) is 2.53. The van der Waals surface area contributed by atoms with E-state index in [2.05, 4.69) is 15.9 Å². The van der Waals surface area contributed by atoms with Crippen LogP contribution in [0.3, 0.4) is 0 Å². The first-order valence-electron chi connectivity index (χ1n) is 2.01. The van der Waals surface area contributed by atoms with E-state index in [1.165, 1.54) is 0 Å². The summed E-state index contributed by atoms with van der Waals surface area (Å²) in [6.07, 6.45) is 0. The van der Waals surface area contributed by atoms with E-state index in [0.29, 0.717) is 0 Å². The van der Waals surface area contributed by atoms with Gasteiger partial charge in [-0.05, 0) is 13.8 Å². The minimum absolute atomic E-state index is 0.747. The summed E-state index contributed by atoms with van der Waals surface area (Å²) in [6.45, 7) is 3.31. The molecule has 0 aromatic heterocycles. The van der Waals surface area contributed by atoms with Gasteiger partial charge in [-0.3, -0.25) is 0 Å². The summed E-state index contributed by atoms with van der Waals surface area (Å²) in [6, 6.07) is 0.